The zero-order valence-corrected chi connectivity index (χ0v) is 17.9. The van der Waals surface area contributed by atoms with E-state index in [1.165, 1.54) is 12.5 Å². The maximum atomic E-state index is 11.1. The van der Waals surface area contributed by atoms with Crippen molar-refractivity contribution >= 4 is 17.4 Å². The Bertz CT molecular complexity index is 1230. The van der Waals surface area contributed by atoms with E-state index >= 15 is 0 Å². The molecule has 0 spiro atoms. The average Bonchev–Trinajstić information content (AvgIpc) is 3.45. The van der Waals surface area contributed by atoms with E-state index in [-0.39, 0.29) is 5.97 Å². The molecule has 0 bridgehead atoms. The highest BCUT2D eigenvalue weighted by molar-refractivity contribution is 5.69. The van der Waals surface area contributed by atoms with E-state index in [1.807, 2.05) is 48.5 Å². The summed E-state index contributed by atoms with van der Waals surface area (Å²) in [5.41, 5.74) is 9.94. The number of fused-ring (bicyclic) bond motifs is 1. The predicted molar refractivity (Wildman–Crippen MR) is 120 cm³/mol. The normalized spacial score (nSPS) is 17.0. The third-order valence-corrected chi connectivity index (χ3v) is 5.76. The fourth-order valence-electron chi connectivity index (χ4n) is 4.30. The summed E-state index contributed by atoms with van der Waals surface area (Å²) in [7, 11) is 0. The Kier molecular flexibility index (Phi) is 5.36. The number of hydrogen-bond acceptors (Lipinski definition) is 7. The molecule has 0 saturated carbocycles. The number of anilines is 1. The van der Waals surface area contributed by atoms with Crippen LogP contribution in [0.4, 0.5) is 5.82 Å². The topological polar surface area (TPSA) is 98.9 Å². The number of carbonyl (C=O) groups excluding carboxylic acids is 1. The van der Waals surface area contributed by atoms with Crippen LogP contribution in [0.15, 0.2) is 59.2 Å². The number of benzene rings is 1. The van der Waals surface area contributed by atoms with E-state index < -0.39 is 0 Å². The first-order chi connectivity index (χ1) is 15.5. The van der Waals surface area contributed by atoms with Gasteiger partial charge in [-0.3, -0.25) is 9.69 Å². The highest BCUT2D eigenvalue weighted by Crippen LogP contribution is 2.29. The third kappa shape index (κ3) is 4.22. The van der Waals surface area contributed by atoms with Crippen LogP contribution in [-0.2, 0) is 11.3 Å². The lowest BCUT2D eigenvalue weighted by Gasteiger charge is -2.32. The number of furan rings is 1. The van der Waals surface area contributed by atoms with Gasteiger partial charge in [-0.2, -0.15) is 9.61 Å². The molecular formula is C24H25N5O3. The van der Waals surface area contributed by atoms with Crippen LogP contribution in [-0.4, -0.2) is 38.6 Å². The van der Waals surface area contributed by atoms with Gasteiger partial charge in [0, 0.05) is 38.1 Å². The number of ether oxygens (including phenoxy) is 1. The molecule has 32 heavy (non-hydrogen) atoms. The van der Waals surface area contributed by atoms with Gasteiger partial charge in [-0.05, 0) is 49.2 Å². The molecule has 2 N–H and O–H groups in total. The number of likely N-dealkylation sites (tertiary alicyclic amines) is 1. The van der Waals surface area contributed by atoms with Gasteiger partial charge in [-0.15, -0.1) is 0 Å². The van der Waals surface area contributed by atoms with Crippen LogP contribution in [0.3, 0.4) is 0 Å². The summed E-state index contributed by atoms with van der Waals surface area (Å²) in [5, 5.41) is 4.53. The van der Waals surface area contributed by atoms with Crippen molar-refractivity contribution in [2.75, 3.05) is 18.8 Å². The minimum Gasteiger partial charge on any atom is -0.463 e. The lowest BCUT2D eigenvalue weighted by atomic mass is 9.94. The predicted octanol–water partition coefficient (Wildman–Crippen LogP) is 3.88. The van der Waals surface area contributed by atoms with E-state index in [2.05, 4.69) is 10.00 Å². The van der Waals surface area contributed by atoms with Crippen molar-refractivity contribution in [3.05, 3.63) is 66.1 Å². The number of hydrogen-bond donors (Lipinski definition) is 1. The molecule has 5 rings (SSSR count). The number of nitrogen functional groups attached to an aromatic ring is 1. The van der Waals surface area contributed by atoms with E-state index in [1.54, 1.807) is 10.8 Å². The minimum atomic E-state index is -0.310. The molecule has 1 aromatic carbocycles. The zero-order chi connectivity index (χ0) is 22.1. The molecule has 164 valence electrons. The molecule has 1 fully saturated rings. The number of aromatic nitrogens is 3. The van der Waals surface area contributed by atoms with Crippen molar-refractivity contribution in [1.29, 1.82) is 0 Å². The van der Waals surface area contributed by atoms with Gasteiger partial charge in [0.1, 0.15) is 17.3 Å². The molecule has 4 heterocycles. The molecule has 1 saturated heterocycles. The Hall–Kier alpha value is -3.65. The second-order valence-electron chi connectivity index (χ2n) is 8.19. The Balaban J connectivity index is 1.32. The minimum absolute atomic E-state index is 0.304. The van der Waals surface area contributed by atoms with Crippen LogP contribution < -0.4 is 10.5 Å². The molecule has 8 nitrogen and oxygen atoms in total. The monoisotopic (exact) mass is 431 g/mol. The largest absolute Gasteiger partial charge is 0.463 e. The molecule has 0 unspecified atom stereocenters. The number of rotatable bonds is 5. The van der Waals surface area contributed by atoms with Gasteiger partial charge in [0.2, 0.25) is 0 Å². The number of nitrogens with two attached hydrogens (primary N) is 1. The quantitative estimate of drug-likeness (QED) is 0.378. The zero-order valence-electron chi connectivity index (χ0n) is 17.9. The van der Waals surface area contributed by atoms with E-state index in [4.69, 9.17) is 19.9 Å². The molecule has 8 heteroatoms. The van der Waals surface area contributed by atoms with Gasteiger partial charge in [-0.25, -0.2) is 4.98 Å². The number of esters is 1. The molecule has 4 aromatic rings. The summed E-state index contributed by atoms with van der Waals surface area (Å²) in [5.74, 6) is 1.83. The fraction of sp³-hybridized carbons (Fsp3) is 0.292. The van der Waals surface area contributed by atoms with Crippen LogP contribution in [0.5, 0.6) is 5.75 Å². The summed E-state index contributed by atoms with van der Waals surface area (Å²) in [6, 6.07) is 15.2. The molecule has 1 aliphatic heterocycles. The fourth-order valence-corrected chi connectivity index (χ4v) is 4.30. The first-order valence-electron chi connectivity index (χ1n) is 10.7. The average molecular weight is 431 g/mol. The summed E-state index contributed by atoms with van der Waals surface area (Å²) in [6.07, 6.45) is 3.80. The second-order valence-corrected chi connectivity index (χ2v) is 8.19. The maximum Gasteiger partial charge on any atom is 0.308 e. The Morgan fingerprint density at radius 3 is 2.84 bits per heavy atom. The highest BCUT2D eigenvalue weighted by Gasteiger charge is 2.24. The smallest absolute Gasteiger partial charge is 0.308 e. The van der Waals surface area contributed by atoms with Gasteiger partial charge in [0.25, 0.3) is 0 Å². The Labute approximate surface area is 185 Å². The van der Waals surface area contributed by atoms with Gasteiger partial charge in [-0.1, -0.05) is 12.1 Å². The van der Waals surface area contributed by atoms with Crippen molar-refractivity contribution in [2.45, 2.75) is 32.2 Å². The highest BCUT2D eigenvalue weighted by atomic mass is 16.5. The van der Waals surface area contributed by atoms with Gasteiger partial charge in [0.15, 0.2) is 11.4 Å². The summed E-state index contributed by atoms with van der Waals surface area (Å²) in [4.78, 5) is 18.4. The van der Waals surface area contributed by atoms with Crippen LogP contribution in [0.1, 0.15) is 36.9 Å². The third-order valence-electron chi connectivity index (χ3n) is 5.76. The van der Waals surface area contributed by atoms with Gasteiger partial charge in [0.05, 0.1) is 12.0 Å². The lowest BCUT2D eigenvalue weighted by Crippen LogP contribution is -2.34. The second kappa shape index (κ2) is 8.47. The molecular weight excluding hydrogens is 406 g/mol. The van der Waals surface area contributed by atoms with Crippen molar-refractivity contribution in [3.63, 3.8) is 0 Å². The first-order valence-corrected chi connectivity index (χ1v) is 10.7. The lowest BCUT2D eigenvalue weighted by molar-refractivity contribution is -0.131. The van der Waals surface area contributed by atoms with Crippen LogP contribution in [0, 0.1) is 0 Å². The molecule has 0 aliphatic carbocycles. The molecule has 3 aromatic heterocycles. The van der Waals surface area contributed by atoms with Crippen LogP contribution in [0.2, 0.25) is 0 Å². The molecule has 1 aliphatic rings. The summed E-state index contributed by atoms with van der Waals surface area (Å²) < 4.78 is 12.2. The van der Waals surface area contributed by atoms with E-state index in [9.17, 15) is 4.79 Å². The number of carbonyl (C=O) groups is 1. The Morgan fingerprint density at radius 2 is 2.09 bits per heavy atom. The van der Waals surface area contributed by atoms with Gasteiger partial charge >= 0.3 is 5.97 Å². The number of piperidine rings is 1. The molecule has 0 amide bonds. The SMILES string of the molecule is CC(=O)Oc1ccc(CN2CCC[C@@H](c3cc(N)n4nc(-c5ccco5)cc4n3)C2)cc1. The van der Waals surface area contributed by atoms with Gasteiger partial charge < -0.3 is 14.9 Å². The number of nitrogens with zero attached hydrogens (tertiary/aromatic N) is 4. The van der Waals surface area contributed by atoms with Crippen molar-refractivity contribution in [3.8, 4) is 17.2 Å². The first kappa shape index (κ1) is 20.3. The Morgan fingerprint density at radius 1 is 1.25 bits per heavy atom. The van der Waals surface area contributed by atoms with Crippen molar-refractivity contribution in [1.82, 2.24) is 19.5 Å². The standard InChI is InChI=1S/C24H25N5O3/c1-16(30)32-19-8-6-17(7-9-19)14-28-10-2-4-18(15-28)20-12-23(25)29-24(26-20)13-21(27-29)22-5-3-11-31-22/h3,5-9,11-13,18H,2,4,10,14-15,25H2,1H3/t18-/m1/s1. The molecule has 0 radical (unpaired) electrons. The molecule has 1 atom stereocenters. The van der Waals surface area contributed by atoms with Crippen molar-refractivity contribution in [2.24, 2.45) is 0 Å². The van der Waals surface area contributed by atoms with E-state index in [0.717, 1.165) is 43.8 Å². The maximum absolute atomic E-state index is 11.1. The summed E-state index contributed by atoms with van der Waals surface area (Å²) in [6.45, 7) is 4.19. The summed E-state index contributed by atoms with van der Waals surface area (Å²) >= 11 is 0. The van der Waals surface area contributed by atoms with Crippen LogP contribution >= 0.6 is 0 Å². The van der Waals surface area contributed by atoms with Crippen molar-refractivity contribution < 1.29 is 13.9 Å². The van der Waals surface area contributed by atoms with E-state index in [0.29, 0.717) is 28.9 Å². The van der Waals surface area contributed by atoms with Crippen LogP contribution in [0.25, 0.3) is 17.1 Å².